The number of benzene rings is 2. The highest BCUT2D eigenvalue weighted by molar-refractivity contribution is 5.89. The van der Waals surface area contributed by atoms with Crippen LogP contribution in [-0.4, -0.2) is 25.2 Å². The number of methoxy groups -OCH3 is 1. The molecule has 144 valence electrons. The SMILES string of the molecule is C=CC(=O)OC1Cc2ccc(-c3ccc(OC)c(OC(=O)C(=C)C)c3)cc2C1. The van der Waals surface area contributed by atoms with E-state index in [-0.39, 0.29) is 6.10 Å². The Bertz CT molecular complexity index is 957. The first kappa shape index (κ1) is 19.4. The summed E-state index contributed by atoms with van der Waals surface area (Å²) in [4.78, 5) is 23.3. The molecule has 3 rings (SSSR count). The van der Waals surface area contributed by atoms with Crippen LogP contribution in [0.5, 0.6) is 11.5 Å². The molecule has 1 aliphatic carbocycles. The number of ether oxygens (including phenoxy) is 3. The minimum Gasteiger partial charge on any atom is -0.493 e. The Hall–Kier alpha value is -3.34. The van der Waals surface area contributed by atoms with Crippen LogP contribution in [0.1, 0.15) is 18.1 Å². The van der Waals surface area contributed by atoms with Crippen molar-refractivity contribution in [3.63, 3.8) is 0 Å². The summed E-state index contributed by atoms with van der Waals surface area (Å²) in [7, 11) is 1.52. The molecule has 5 heteroatoms. The molecular formula is C23H22O5. The molecule has 0 aromatic heterocycles. The van der Waals surface area contributed by atoms with Gasteiger partial charge in [0.25, 0.3) is 0 Å². The van der Waals surface area contributed by atoms with E-state index in [0.717, 1.165) is 22.3 Å². The van der Waals surface area contributed by atoms with Gasteiger partial charge in [-0.1, -0.05) is 37.4 Å². The third-order valence-electron chi connectivity index (χ3n) is 4.60. The molecule has 0 fully saturated rings. The van der Waals surface area contributed by atoms with Gasteiger partial charge >= 0.3 is 11.9 Å². The predicted molar refractivity (Wildman–Crippen MR) is 106 cm³/mol. The Kier molecular flexibility index (Phi) is 5.64. The van der Waals surface area contributed by atoms with E-state index in [2.05, 4.69) is 19.2 Å². The minimum absolute atomic E-state index is 0.168. The number of carbonyl (C=O) groups is 2. The molecule has 0 radical (unpaired) electrons. The van der Waals surface area contributed by atoms with E-state index in [4.69, 9.17) is 14.2 Å². The molecule has 2 aromatic carbocycles. The molecule has 2 aromatic rings. The van der Waals surface area contributed by atoms with Crippen LogP contribution in [0.3, 0.4) is 0 Å². The first-order valence-electron chi connectivity index (χ1n) is 8.92. The molecule has 0 heterocycles. The maximum absolute atomic E-state index is 11.9. The monoisotopic (exact) mass is 378 g/mol. The van der Waals surface area contributed by atoms with Gasteiger partial charge in [0.1, 0.15) is 6.10 Å². The van der Waals surface area contributed by atoms with E-state index in [1.54, 1.807) is 19.1 Å². The Balaban J connectivity index is 1.86. The van der Waals surface area contributed by atoms with Crippen molar-refractivity contribution >= 4 is 11.9 Å². The van der Waals surface area contributed by atoms with Gasteiger partial charge in [0, 0.05) is 24.5 Å². The van der Waals surface area contributed by atoms with E-state index < -0.39 is 11.9 Å². The number of hydrogen-bond acceptors (Lipinski definition) is 5. The number of fused-ring (bicyclic) bond motifs is 1. The lowest BCUT2D eigenvalue weighted by Crippen LogP contribution is -2.16. The van der Waals surface area contributed by atoms with E-state index in [0.29, 0.717) is 29.9 Å². The van der Waals surface area contributed by atoms with Gasteiger partial charge in [-0.05, 0) is 41.3 Å². The van der Waals surface area contributed by atoms with Crippen molar-refractivity contribution in [3.8, 4) is 22.6 Å². The molecule has 0 saturated carbocycles. The highest BCUT2D eigenvalue weighted by atomic mass is 16.6. The van der Waals surface area contributed by atoms with E-state index in [9.17, 15) is 9.59 Å². The van der Waals surface area contributed by atoms with Crippen LogP contribution in [-0.2, 0) is 27.2 Å². The quantitative estimate of drug-likeness (QED) is 0.431. The van der Waals surface area contributed by atoms with Gasteiger partial charge in [-0.25, -0.2) is 9.59 Å². The van der Waals surface area contributed by atoms with E-state index in [1.165, 1.54) is 13.2 Å². The van der Waals surface area contributed by atoms with Crippen LogP contribution >= 0.6 is 0 Å². The van der Waals surface area contributed by atoms with Crippen molar-refractivity contribution in [1.29, 1.82) is 0 Å². The Morgan fingerprint density at radius 3 is 2.39 bits per heavy atom. The molecule has 5 nitrogen and oxygen atoms in total. The van der Waals surface area contributed by atoms with Crippen molar-refractivity contribution in [1.82, 2.24) is 0 Å². The molecule has 0 N–H and O–H groups in total. The van der Waals surface area contributed by atoms with Crippen molar-refractivity contribution in [2.45, 2.75) is 25.9 Å². The molecule has 1 atom stereocenters. The highest BCUT2D eigenvalue weighted by Gasteiger charge is 2.24. The van der Waals surface area contributed by atoms with E-state index in [1.807, 2.05) is 18.2 Å². The lowest BCUT2D eigenvalue weighted by atomic mass is 10.0. The molecule has 0 aliphatic heterocycles. The molecule has 0 saturated heterocycles. The van der Waals surface area contributed by atoms with Gasteiger partial charge in [-0.3, -0.25) is 0 Å². The second kappa shape index (κ2) is 8.13. The zero-order valence-corrected chi connectivity index (χ0v) is 16.0. The highest BCUT2D eigenvalue weighted by Crippen LogP contribution is 2.35. The minimum atomic E-state index is -0.503. The summed E-state index contributed by atoms with van der Waals surface area (Å²) in [6.45, 7) is 8.63. The van der Waals surface area contributed by atoms with Crippen LogP contribution in [0.15, 0.2) is 61.2 Å². The van der Waals surface area contributed by atoms with Crippen LogP contribution < -0.4 is 9.47 Å². The lowest BCUT2D eigenvalue weighted by molar-refractivity contribution is -0.142. The fraction of sp³-hybridized carbons (Fsp3) is 0.217. The number of esters is 2. The lowest BCUT2D eigenvalue weighted by Gasteiger charge is -2.12. The van der Waals surface area contributed by atoms with Crippen LogP contribution in [0.2, 0.25) is 0 Å². The third kappa shape index (κ3) is 4.14. The van der Waals surface area contributed by atoms with Crippen LogP contribution in [0.25, 0.3) is 11.1 Å². The number of hydrogen-bond donors (Lipinski definition) is 0. The summed E-state index contributed by atoms with van der Waals surface area (Å²) in [5.74, 6) is -0.101. The zero-order chi connectivity index (χ0) is 20.3. The zero-order valence-electron chi connectivity index (χ0n) is 16.0. The van der Waals surface area contributed by atoms with Crippen LogP contribution in [0, 0.1) is 0 Å². The smallest absolute Gasteiger partial charge is 0.338 e. The van der Waals surface area contributed by atoms with Crippen LogP contribution in [0.4, 0.5) is 0 Å². The standard InChI is InChI=1S/C23H22O5/c1-5-22(24)27-19-11-16-7-6-15(10-18(16)12-19)17-8-9-20(26-4)21(13-17)28-23(25)14(2)3/h5-10,13,19H,1-2,11-12H2,3-4H3. The molecule has 0 bridgehead atoms. The van der Waals surface area contributed by atoms with Crippen molar-refractivity contribution < 1.29 is 23.8 Å². The van der Waals surface area contributed by atoms with Gasteiger partial charge < -0.3 is 14.2 Å². The summed E-state index contributed by atoms with van der Waals surface area (Å²) < 4.78 is 16.0. The molecule has 1 unspecified atom stereocenters. The second-order valence-corrected chi connectivity index (χ2v) is 6.69. The van der Waals surface area contributed by atoms with E-state index >= 15 is 0 Å². The summed E-state index contributed by atoms with van der Waals surface area (Å²) in [6, 6.07) is 11.6. The average Bonchev–Trinajstić information content (AvgIpc) is 3.08. The molecule has 0 spiro atoms. The summed E-state index contributed by atoms with van der Waals surface area (Å²) in [5, 5.41) is 0. The van der Waals surface area contributed by atoms with Crippen molar-refractivity contribution in [2.24, 2.45) is 0 Å². The molecule has 1 aliphatic rings. The van der Waals surface area contributed by atoms with Gasteiger partial charge in [0.2, 0.25) is 0 Å². The fourth-order valence-electron chi connectivity index (χ4n) is 3.18. The Morgan fingerprint density at radius 1 is 1.04 bits per heavy atom. The Labute approximate surface area is 164 Å². The molecule has 0 amide bonds. The van der Waals surface area contributed by atoms with Crippen molar-refractivity contribution in [2.75, 3.05) is 7.11 Å². The largest absolute Gasteiger partial charge is 0.493 e. The Morgan fingerprint density at radius 2 is 1.71 bits per heavy atom. The first-order valence-corrected chi connectivity index (χ1v) is 8.92. The van der Waals surface area contributed by atoms with Gasteiger partial charge in [-0.15, -0.1) is 0 Å². The average molecular weight is 378 g/mol. The number of carbonyl (C=O) groups excluding carboxylic acids is 2. The summed E-state index contributed by atoms with van der Waals surface area (Å²) in [5.41, 5.74) is 4.47. The number of rotatable bonds is 6. The second-order valence-electron chi connectivity index (χ2n) is 6.69. The predicted octanol–water partition coefficient (Wildman–Crippen LogP) is 4.04. The summed E-state index contributed by atoms with van der Waals surface area (Å²) >= 11 is 0. The van der Waals surface area contributed by atoms with Gasteiger partial charge in [0.05, 0.1) is 7.11 Å². The van der Waals surface area contributed by atoms with Crippen molar-refractivity contribution in [3.05, 3.63) is 72.3 Å². The maximum atomic E-state index is 11.9. The molecular weight excluding hydrogens is 356 g/mol. The van der Waals surface area contributed by atoms with Gasteiger partial charge in [-0.2, -0.15) is 0 Å². The van der Waals surface area contributed by atoms with Gasteiger partial charge in [0.15, 0.2) is 11.5 Å². The maximum Gasteiger partial charge on any atom is 0.338 e. The fourth-order valence-corrected chi connectivity index (χ4v) is 3.18. The third-order valence-corrected chi connectivity index (χ3v) is 4.60. The summed E-state index contributed by atoms with van der Waals surface area (Å²) in [6.07, 6.45) is 2.37. The topological polar surface area (TPSA) is 61.8 Å². The molecule has 28 heavy (non-hydrogen) atoms. The normalized spacial score (nSPS) is 14.7. The first-order chi connectivity index (χ1) is 13.4.